The lowest BCUT2D eigenvalue weighted by molar-refractivity contribution is 0.320. The number of nitrogens with zero attached hydrogens (tertiary/aromatic N) is 5. The summed E-state index contributed by atoms with van der Waals surface area (Å²) in [6.45, 7) is 8.58. The molecule has 0 N–H and O–H groups in total. The number of amidine groups is 1. The highest BCUT2D eigenvalue weighted by molar-refractivity contribution is 8.14. The lowest BCUT2D eigenvalue weighted by Gasteiger charge is -2.27. The van der Waals surface area contributed by atoms with Crippen LogP contribution in [0.2, 0.25) is 0 Å². The highest BCUT2D eigenvalue weighted by atomic mass is 32.2. The van der Waals surface area contributed by atoms with E-state index in [0.29, 0.717) is 5.25 Å². The molecule has 3 aromatic heterocycles. The molecule has 1 fully saturated rings. The molecule has 0 radical (unpaired) electrons. The summed E-state index contributed by atoms with van der Waals surface area (Å²) in [5.74, 6) is 0. The summed E-state index contributed by atoms with van der Waals surface area (Å²) in [5.41, 5.74) is 6.20. The lowest BCUT2D eigenvalue weighted by atomic mass is 9.96. The van der Waals surface area contributed by atoms with Crippen molar-refractivity contribution in [2.75, 3.05) is 6.54 Å². The maximum Gasteiger partial charge on any atom is 0.160 e. The molecular weight excluding hydrogens is 378 g/mol. The van der Waals surface area contributed by atoms with Gasteiger partial charge in [0.2, 0.25) is 0 Å². The number of thioether (sulfide) groups is 1. The van der Waals surface area contributed by atoms with Gasteiger partial charge >= 0.3 is 0 Å². The summed E-state index contributed by atoms with van der Waals surface area (Å²) in [7, 11) is 0. The number of fused-ring (bicyclic) bond motifs is 1. The van der Waals surface area contributed by atoms with Crippen LogP contribution in [0.4, 0.5) is 0 Å². The predicted octanol–water partition coefficient (Wildman–Crippen LogP) is 4.53. The van der Waals surface area contributed by atoms with E-state index in [1.54, 1.807) is 0 Å². The van der Waals surface area contributed by atoms with Gasteiger partial charge in [-0.3, -0.25) is 15.0 Å². The van der Waals surface area contributed by atoms with Crippen molar-refractivity contribution in [3.63, 3.8) is 0 Å². The molecule has 2 aliphatic heterocycles. The molecule has 5 nitrogen and oxygen atoms in total. The molecule has 29 heavy (non-hydrogen) atoms. The number of hydrogen-bond donors (Lipinski definition) is 0. The molecule has 0 aromatic carbocycles. The summed E-state index contributed by atoms with van der Waals surface area (Å²) in [6.07, 6.45) is 5.65. The minimum absolute atomic E-state index is 0.0403. The highest BCUT2D eigenvalue weighted by Crippen LogP contribution is 2.48. The van der Waals surface area contributed by atoms with Crippen LogP contribution in [-0.2, 0) is 6.54 Å². The number of rotatable bonds is 4. The second kappa shape index (κ2) is 7.34. The molecule has 0 spiro atoms. The molecule has 6 heteroatoms. The van der Waals surface area contributed by atoms with E-state index in [9.17, 15) is 0 Å². The number of aryl methyl sites for hydroxylation is 1. The van der Waals surface area contributed by atoms with Gasteiger partial charge in [-0.15, -0.1) is 0 Å². The zero-order valence-corrected chi connectivity index (χ0v) is 17.8. The van der Waals surface area contributed by atoms with Gasteiger partial charge in [0, 0.05) is 48.3 Å². The Balaban J connectivity index is 1.55. The smallest absolute Gasteiger partial charge is 0.160 e. The van der Waals surface area contributed by atoms with E-state index in [1.165, 1.54) is 22.5 Å². The zero-order chi connectivity index (χ0) is 20.0. The first kappa shape index (κ1) is 18.4. The largest absolute Gasteiger partial charge is 0.344 e. The average molecular weight is 404 g/mol. The summed E-state index contributed by atoms with van der Waals surface area (Å²) < 4.78 is 2.40. The standard InChI is InChI=1S/C23H25N5S/c1-15-11-19(17(3)27(15)14-18-7-6-9-24-12-18)22-21(20-8-4-5-10-25-20)26-23-28(22)13-16(2)29-23/h4-12,16,21-22H,13-14H2,1-3H3/t16-,21+,22-/m0/s1. The molecule has 0 bridgehead atoms. The van der Waals surface area contributed by atoms with Crippen LogP contribution in [0.1, 0.15) is 47.2 Å². The maximum absolute atomic E-state index is 5.12. The quantitative estimate of drug-likeness (QED) is 0.642. The minimum Gasteiger partial charge on any atom is -0.344 e. The predicted molar refractivity (Wildman–Crippen MR) is 118 cm³/mol. The molecule has 0 saturated carbocycles. The highest BCUT2D eigenvalue weighted by Gasteiger charge is 2.44. The van der Waals surface area contributed by atoms with Gasteiger partial charge in [0.05, 0.1) is 11.7 Å². The molecule has 1 saturated heterocycles. The van der Waals surface area contributed by atoms with E-state index in [1.807, 2.05) is 42.5 Å². The third kappa shape index (κ3) is 3.25. The van der Waals surface area contributed by atoms with E-state index in [4.69, 9.17) is 4.99 Å². The number of pyridine rings is 2. The van der Waals surface area contributed by atoms with Gasteiger partial charge in [0.15, 0.2) is 5.17 Å². The van der Waals surface area contributed by atoms with Crippen LogP contribution in [0.25, 0.3) is 0 Å². The Kier molecular flexibility index (Phi) is 4.66. The molecule has 3 atom stereocenters. The van der Waals surface area contributed by atoms with Gasteiger partial charge in [-0.1, -0.05) is 30.8 Å². The average Bonchev–Trinajstić information content (AvgIpc) is 3.35. The van der Waals surface area contributed by atoms with E-state index in [-0.39, 0.29) is 12.1 Å². The van der Waals surface area contributed by atoms with Gasteiger partial charge in [-0.2, -0.15) is 0 Å². The molecule has 2 aliphatic rings. The zero-order valence-electron chi connectivity index (χ0n) is 17.0. The lowest BCUT2D eigenvalue weighted by Crippen LogP contribution is -2.29. The SMILES string of the molecule is Cc1cc([C@H]2[C@@H](c3ccccn3)N=C3S[C@@H](C)CN32)c(C)n1Cc1cccnc1. The van der Waals surface area contributed by atoms with Crippen molar-refractivity contribution in [1.82, 2.24) is 19.4 Å². The molecule has 3 aromatic rings. The second-order valence-corrected chi connectivity index (χ2v) is 9.32. The first-order valence-corrected chi connectivity index (χ1v) is 11.0. The molecule has 148 valence electrons. The van der Waals surface area contributed by atoms with Gasteiger partial charge in [0.25, 0.3) is 0 Å². The summed E-state index contributed by atoms with van der Waals surface area (Å²) in [4.78, 5) is 16.5. The molecule has 5 rings (SSSR count). The molecular formula is C23H25N5S. The van der Waals surface area contributed by atoms with Crippen LogP contribution in [0.3, 0.4) is 0 Å². The monoisotopic (exact) mass is 403 g/mol. The summed E-state index contributed by atoms with van der Waals surface area (Å²) in [5, 5.41) is 1.73. The maximum atomic E-state index is 5.12. The van der Waals surface area contributed by atoms with Crippen molar-refractivity contribution in [3.8, 4) is 0 Å². The van der Waals surface area contributed by atoms with Crippen molar-refractivity contribution in [3.05, 3.63) is 83.2 Å². The Morgan fingerprint density at radius 3 is 2.79 bits per heavy atom. The van der Waals surface area contributed by atoms with Crippen LogP contribution in [0, 0.1) is 13.8 Å². The van der Waals surface area contributed by atoms with Crippen molar-refractivity contribution in [2.24, 2.45) is 4.99 Å². The van der Waals surface area contributed by atoms with E-state index >= 15 is 0 Å². The van der Waals surface area contributed by atoms with Gasteiger partial charge in [0.1, 0.15) is 6.04 Å². The third-order valence-electron chi connectivity index (χ3n) is 5.88. The van der Waals surface area contributed by atoms with Gasteiger partial charge in [-0.05, 0) is 49.2 Å². The Bertz CT molecular complexity index is 1040. The fraction of sp³-hybridized carbons (Fsp3) is 0.348. The van der Waals surface area contributed by atoms with Crippen molar-refractivity contribution >= 4 is 16.9 Å². The van der Waals surface area contributed by atoms with Crippen LogP contribution in [0.15, 0.2) is 60.0 Å². The van der Waals surface area contributed by atoms with E-state index < -0.39 is 0 Å². The topological polar surface area (TPSA) is 46.3 Å². The summed E-state index contributed by atoms with van der Waals surface area (Å²) >= 11 is 1.89. The van der Waals surface area contributed by atoms with Crippen LogP contribution < -0.4 is 0 Å². The Morgan fingerprint density at radius 1 is 1.14 bits per heavy atom. The van der Waals surface area contributed by atoms with Crippen molar-refractivity contribution in [2.45, 2.75) is 44.6 Å². The number of aliphatic imine (C=N–C) groups is 1. The van der Waals surface area contributed by atoms with Crippen molar-refractivity contribution < 1.29 is 0 Å². The Labute approximate surface area is 175 Å². The van der Waals surface area contributed by atoms with Crippen LogP contribution >= 0.6 is 11.8 Å². The fourth-order valence-corrected chi connectivity index (χ4v) is 5.59. The number of hydrogen-bond acceptors (Lipinski definition) is 5. The first-order chi connectivity index (χ1) is 14.1. The van der Waals surface area contributed by atoms with Crippen LogP contribution in [0.5, 0.6) is 0 Å². The number of aromatic nitrogens is 3. The summed E-state index contributed by atoms with van der Waals surface area (Å²) in [6, 6.07) is 12.9. The molecule has 0 unspecified atom stereocenters. The first-order valence-electron chi connectivity index (χ1n) is 10.1. The third-order valence-corrected chi connectivity index (χ3v) is 6.98. The normalized spacial score (nSPS) is 23.3. The van der Waals surface area contributed by atoms with Crippen molar-refractivity contribution in [1.29, 1.82) is 0 Å². The van der Waals surface area contributed by atoms with Gasteiger partial charge in [-0.25, -0.2) is 0 Å². The van der Waals surface area contributed by atoms with Gasteiger partial charge < -0.3 is 9.47 Å². The van der Waals surface area contributed by atoms with E-state index in [0.717, 1.165) is 24.0 Å². The fourth-order valence-electron chi connectivity index (χ4n) is 4.50. The minimum atomic E-state index is 0.0403. The Morgan fingerprint density at radius 2 is 2.03 bits per heavy atom. The van der Waals surface area contributed by atoms with E-state index in [2.05, 4.69) is 64.5 Å². The molecule has 0 amide bonds. The molecule has 0 aliphatic carbocycles. The second-order valence-electron chi connectivity index (χ2n) is 7.91. The van der Waals surface area contributed by atoms with Crippen LogP contribution in [-0.4, -0.2) is 36.4 Å². The Hall–Kier alpha value is -2.60. The molecule has 5 heterocycles.